The Labute approximate surface area is 201 Å². The van der Waals surface area contributed by atoms with Gasteiger partial charge in [0.2, 0.25) is 17.8 Å². The van der Waals surface area contributed by atoms with Crippen LogP contribution in [0.1, 0.15) is 11.1 Å². The Balaban J connectivity index is 1.50. The number of nitrogens with one attached hydrogen (secondary N) is 3. The maximum atomic E-state index is 5.56. The highest BCUT2D eigenvalue weighted by Crippen LogP contribution is 2.10. The summed E-state index contributed by atoms with van der Waals surface area (Å²) in [7, 11) is 0. The fourth-order valence-electron chi connectivity index (χ4n) is 3.18. The molecule has 5 N–H and O–H groups in total. The first-order valence-electron chi connectivity index (χ1n) is 11.7. The minimum Gasteiger partial charge on any atom is -0.378 e. The highest BCUT2D eigenvalue weighted by molar-refractivity contribution is 5.42. The zero-order valence-electron chi connectivity index (χ0n) is 19.6. The Kier molecular flexibility index (Phi) is 11.6. The molecule has 0 atom stereocenters. The number of nitrogens with two attached hydrogens (primary N) is 1. The molecule has 2 aromatic carbocycles. The van der Waals surface area contributed by atoms with E-state index in [9.17, 15) is 0 Å². The number of aromatic nitrogens is 3. The summed E-state index contributed by atoms with van der Waals surface area (Å²) < 4.78 is 10.9. The molecule has 9 heteroatoms. The van der Waals surface area contributed by atoms with E-state index in [0.29, 0.717) is 57.4 Å². The van der Waals surface area contributed by atoms with Crippen molar-refractivity contribution in [1.82, 2.24) is 15.0 Å². The standard InChI is InChI=1S/C25H35N7O2/c26-13-17-33-19-20-34-18-16-29-25-31-23(27-14-11-21-7-3-1-4-8-21)30-24(32-25)28-15-12-22-9-5-2-6-10-22/h1-10H,11-20,26H2,(H3,27,28,29,30,31,32). The summed E-state index contributed by atoms with van der Waals surface area (Å²) in [6, 6.07) is 20.7. The number of hydrogen-bond donors (Lipinski definition) is 4. The van der Waals surface area contributed by atoms with E-state index < -0.39 is 0 Å². The predicted molar refractivity (Wildman–Crippen MR) is 136 cm³/mol. The summed E-state index contributed by atoms with van der Waals surface area (Å²) in [5.41, 5.74) is 7.92. The van der Waals surface area contributed by atoms with Gasteiger partial charge in [-0.15, -0.1) is 0 Å². The largest absolute Gasteiger partial charge is 0.378 e. The van der Waals surface area contributed by atoms with Crippen LogP contribution < -0.4 is 21.7 Å². The van der Waals surface area contributed by atoms with Gasteiger partial charge < -0.3 is 31.2 Å². The lowest BCUT2D eigenvalue weighted by atomic mass is 10.1. The molecule has 0 spiro atoms. The van der Waals surface area contributed by atoms with E-state index in [1.54, 1.807) is 0 Å². The lowest BCUT2D eigenvalue weighted by Gasteiger charge is -2.12. The van der Waals surface area contributed by atoms with Crippen molar-refractivity contribution in [1.29, 1.82) is 0 Å². The molecule has 0 fully saturated rings. The quantitative estimate of drug-likeness (QED) is 0.223. The molecule has 3 aromatic rings. The maximum Gasteiger partial charge on any atom is 0.229 e. The maximum absolute atomic E-state index is 5.56. The van der Waals surface area contributed by atoms with Gasteiger partial charge in [-0.05, 0) is 24.0 Å². The third-order valence-corrected chi connectivity index (χ3v) is 4.88. The second-order valence-electron chi connectivity index (χ2n) is 7.57. The Morgan fingerprint density at radius 1 is 0.559 bits per heavy atom. The van der Waals surface area contributed by atoms with Gasteiger partial charge >= 0.3 is 0 Å². The van der Waals surface area contributed by atoms with Crippen LogP contribution in [-0.4, -0.2) is 67.6 Å². The van der Waals surface area contributed by atoms with Crippen LogP contribution in [0.5, 0.6) is 0 Å². The molecular formula is C25H35N7O2. The zero-order chi connectivity index (χ0) is 23.7. The van der Waals surface area contributed by atoms with Crippen LogP contribution in [0.4, 0.5) is 17.8 Å². The van der Waals surface area contributed by atoms with Crippen LogP contribution in [0.3, 0.4) is 0 Å². The number of anilines is 3. The molecular weight excluding hydrogens is 430 g/mol. The predicted octanol–water partition coefficient (Wildman–Crippen LogP) is 2.58. The molecule has 0 bridgehead atoms. The van der Waals surface area contributed by atoms with Crippen molar-refractivity contribution in [3.05, 3.63) is 71.8 Å². The first-order valence-corrected chi connectivity index (χ1v) is 11.7. The average molecular weight is 466 g/mol. The molecule has 0 saturated heterocycles. The molecule has 0 radical (unpaired) electrons. The van der Waals surface area contributed by atoms with Crippen molar-refractivity contribution in [3.63, 3.8) is 0 Å². The molecule has 0 aliphatic rings. The first-order chi connectivity index (χ1) is 16.8. The van der Waals surface area contributed by atoms with Gasteiger partial charge in [-0.2, -0.15) is 15.0 Å². The molecule has 1 aromatic heterocycles. The molecule has 0 aliphatic heterocycles. The van der Waals surface area contributed by atoms with E-state index in [-0.39, 0.29) is 0 Å². The topological polar surface area (TPSA) is 119 Å². The van der Waals surface area contributed by atoms with Gasteiger partial charge in [-0.25, -0.2) is 0 Å². The lowest BCUT2D eigenvalue weighted by molar-refractivity contribution is 0.0547. The van der Waals surface area contributed by atoms with E-state index in [1.165, 1.54) is 11.1 Å². The third-order valence-electron chi connectivity index (χ3n) is 4.88. The molecule has 0 saturated carbocycles. The molecule has 9 nitrogen and oxygen atoms in total. The van der Waals surface area contributed by atoms with Crippen molar-refractivity contribution in [3.8, 4) is 0 Å². The molecule has 182 valence electrons. The second kappa shape index (κ2) is 15.5. The van der Waals surface area contributed by atoms with Crippen molar-refractivity contribution < 1.29 is 9.47 Å². The summed E-state index contributed by atoms with van der Waals surface area (Å²) in [5.74, 6) is 1.57. The van der Waals surface area contributed by atoms with Crippen LogP contribution in [0.2, 0.25) is 0 Å². The molecule has 0 unspecified atom stereocenters. The van der Waals surface area contributed by atoms with Gasteiger partial charge in [0, 0.05) is 26.2 Å². The summed E-state index contributed by atoms with van der Waals surface area (Å²) in [5, 5.41) is 9.84. The molecule has 3 rings (SSSR count). The van der Waals surface area contributed by atoms with Gasteiger partial charge in [0.25, 0.3) is 0 Å². The van der Waals surface area contributed by atoms with Crippen LogP contribution in [-0.2, 0) is 22.3 Å². The monoisotopic (exact) mass is 465 g/mol. The Morgan fingerprint density at radius 2 is 1.00 bits per heavy atom. The van der Waals surface area contributed by atoms with Gasteiger partial charge in [0.15, 0.2) is 0 Å². The van der Waals surface area contributed by atoms with E-state index in [0.717, 1.165) is 25.9 Å². The first kappa shape index (κ1) is 25.4. The summed E-state index contributed by atoms with van der Waals surface area (Å²) in [6.07, 6.45) is 1.76. The number of ether oxygens (including phenoxy) is 2. The molecule has 0 amide bonds. The summed E-state index contributed by atoms with van der Waals surface area (Å²) in [4.78, 5) is 13.6. The third kappa shape index (κ3) is 10.1. The lowest BCUT2D eigenvalue weighted by Crippen LogP contribution is -2.18. The van der Waals surface area contributed by atoms with Crippen molar-refractivity contribution in [2.24, 2.45) is 5.73 Å². The fraction of sp³-hybridized carbons (Fsp3) is 0.400. The number of hydrogen-bond acceptors (Lipinski definition) is 9. The van der Waals surface area contributed by atoms with Crippen molar-refractivity contribution >= 4 is 17.8 Å². The van der Waals surface area contributed by atoms with Gasteiger partial charge in [-0.1, -0.05) is 60.7 Å². The van der Waals surface area contributed by atoms with E-state index >= 15 is 0 Å². The summed E-state index contributed by atoms with van der Waals surface area (Å²) in [6.45, 7) is 4.67. The van der Waals surface area contributed by atoms with Crippen LogP contribution in [0.25, 0.3) is 0 Å². The van der Waals surface area contributed by atoms with Crippen LogP contribution >= 0.6 is 0 Å². The SMILES string of the molecule is NCCOCCOCCNc1nc(NCCc2ccccc2)nc(NCCc2ccccc2)n1. The molecule has 1 heterocycles. The molecule has 34 heavy (non-hydrogen) atoms. The summed E-state index contributed by atoms with van der Waals surface area (Å²) >= 11 is 0. The van der Waals surface area contributed by atoms with Crippen LogP contribution in [0.15, 0.2) is 60.7 Å². The van der Waals surface area contributed by atoms with E-state index in [2.05, 4.69) is 55.2 Å². The van der Waals surface area contributed by atoms with Gasteiger partial charge in [0.05, 0.1) is 26.4 Å². The minimum absolute atomic E-state index is 0.502. The number of nitrogens with zero attached hydrogens (tertiary/aromatic N) is 3. The normalized spacial score (nSPS) is 10.7. The highest BCUT2D eigenvalue weighted by atomic mass is 16.5. The van der Waals surface area contributed by atoms with Crippen molar-refractivity contribution in [2.75, 3.05) is 68.6 Å². The number of rotatable bonds is 17. The van der Waals surface area contributed by atoms with Gasteiger partial charge in [-0.3, -0.25) is 0 Å². The highest BCUT2D eigenvalue weighted by Gasteiger charge is 2.07. The Hall–Kier alpha value is -3.27. The molecule has 0 aliphatic carbocycles. The average Bonchev–Trinajstić information content (AvgIpc) is 2.87. The smallest absolute Gasteiger partial charge is 0.229 e. The minimum atomic E-state index is 0.502. The Morgan fingerprint density at radius 3 is 1.47 bits per heavy atom. The van der Waals surface area contributed by atoms with E-state index in [4.69, 9.17) is 15.2 Å². The zero-order valence-corrected chi connectivity index (χ0v) is 19.6. The fourth-order valence-corrected chi connectivity index (χ4v) is 3.18. The number of benzene rings is 2. The van der Waals surface area contributed by atoms with E-state index in [1.807, 2.05) is 36.4 Å². The second-order valence-corrected chi connectivity index (χ2v) is 7.57. The van der Waals surface area contributed by atoms with Crippen molar-refractivity contribution in [2.45, 2.75) is 12.8 Å². The van der Waals surface area contributed by atoms with Crippen LogP contribution in [0, 0.1) is 0 Å². The van der Waals surface area contributed by atoms with Gasteiger partial charge in [0.1, 0.15) is 0 Å². The Bertz CT molecular complexity index is 865.